The average molecular weight is 293 g/mol. The third-order valence-corrected chi connectivity index (χ3v) is 3.81. The summed E-state index contributed by atoms with van der Waals surface area (Å²) in [5.74, 6) is -0.137. The number of fused-ring (bicyclic) bond motifs is 1. The van der Waals surface area contributed by atoms with E-state index in [-0.39, 0.29) is 11.6 Å². The Hall–Kier alpha value is -2.15. The highest BCUT2D eigenvalue weighted by atomic mass is 16.6. The van der Waals surface area contributed by atoms with Crippen molar-refractivity contribution in [3.63, 3.8) is 0 Å². The molecule has 1 aliphatic rings. The third-order valence-electron chi connectivity index (χ3n) is 3.81. The number of aliphatic hydroxyl groups excluding tert-OH is 1. The van der Waals surface area contributed by atoms with Crippen molar-refractivity contribution in [3.8, 4) is 0 Å². The fourth-order valence-electron chi connectivity index (χ4n) is 2.12. The SMILES string of the molecule is CC(O)C(C)(C)Nc1cc2c(cc1[N+](=O)[O-])NC(=O)CC2. The van der Waals surface area contributed by atoms with Crippen LogP contribution in [0.1, 0.15) is 32.8 Å². The predicted octanol–water partition coefficient (Wildman–Crippen LogP) is 2.05. The molecule has 21 heavy (non-hydrogen) atoms. The number of hydrogen-bond donors (Lipinski definition) is 3. The number of nitro groups is 1. The minimum Gasteiger partial charge on any atom is -0.391 e. The van der Waals surface area contributed by atoms with Crippen molar-refractivity contribution in [3.05, 3.63) is 27.8 Å². The van der Waals surface area contributed by atoms with E-state index < -0.39 is 16.6 Å². The molecule has 7 nitrogen and oxygen atoms in total. The number of nitrogens with zero attached hydrogens (tertiary/aromatic N) is 1. The van der Waals surface area contributed by atoms with Crippen LogP contribution >= 0.6 is 0 Å². The first kappa shape index (κ1) is 15.2. The van der Waals surface area contributed by atoms with E-state index in [4.69, 9.17) is 0 Å². The van der Waals surface area contributed by atoms with Crippen molar-refractivity contribution >= 4 is 23.0 Å². The molecule has 0 aliphatic carbocycles. The van der Waals surface area contributed by atoms with Crippen LogP contribution in [0.25, 0.3) is 0 Å². The van der Waals surface area contributed by atoms with Crippen LogP contribution < -0.4 is 10.6 Å². The summed E-state index contributed by atoms with van der Waals surface area (Å²) in [6, 6.07) is 3.05. The van der Waals surface area contributed by atoms with Crippen LogP contribution in [0.15, 0.2) is 12.1 Å². The monoisotopic (exact) mass is 293 g/mol. The lowest BCUT2D eigenvalue weighted by Crippen LogP contribution is -2.42. The number of rotatable bonds is 4. The third kappa shape index (κ3) is 3.13. The van der Waals surface area contributed by atoms with E-state index >= 15 is 0 Å². The van der Waals surface area contributed by atoms with Gasteiger partial charge in [0.15, 0.2) is 0 Å². The number of carbonyl (C=O) groups is 1. The van der Waals surface area contributed by atoms with E-state index in [1.54, 1.807) is 26.8 Å². The standard InChI is InChI=1S/C14H19N3O4/c1-8(18)14(2,3)16-11-6-9-4-5-13(19)15-10(9)7-12(11)17(20)21/h6-8,16,18H,4-5H2,1-3H3,(H,15,19). The second-order valence-electron chi connectivity index (χ2n) is 5.85. The molecule has 2 rings (SSSR count). The lowest BCUT2D eigenvalue weighted by Gasteiger charge is -2.31. The van der Waals surface area contributed by atoms with Gasteiger partial charge in [-0.3, -0.25) is 14.9 Å². The molecule has 1 unspecified atom stereocenters. The van der Waals surface area contributed by atoms with Crippen molar-refractivity contribution in [2.75, 3.05) is 10.6 Å². The number of aliphatic hydroxyl groups is 1. The van der Waals surface area contributed by atoms with Crippen LogP contribution in [-0.4, -0.2) is 27.6 Å². The lowest BCUT2D eigenvalue weighted by molar-refractivity contribution is -0.383. The maximum Gasteiger partial charge on any atom is 0.294 e. The summed E-state index contributed by atoms with van der Waals surface area (Å²) in [4.78, 5) is 22.1. The number of nitro benzene ring substituents is 1. The Labute approximate surface area is 122 Å². The number of aryl methyl sites for hydroxylation is 1. The van der Waals surface area contributed by atoms with Crippen LogP contribution in [0, 0.1) is 10.1 Å². The summed E-state index contributed by atoms with van der Waals surface area (Å²) in [7, 11) is 0. The summed E-state index contributed by atoms with van der Waals surface area (Å²) >= 11 is 0. The Morgan fingerprint density at radius 1 is 1.43 bits per heavy atom. The number of anilines is 2. The fourth-order valence-corrected chi connectivity index (χ4v) is 2.12. The van der Waals surface area contributed by atoms with E-state index in [0.717, 1.165) is 5.56 Å². The number of nitrogens with one attached hydrogen (secondary N) is 2. The first-order chi connectivity index (χ1) is 9.70. The molecule has 1 aromatic rings. The molecule has 0 bridgehead atoms. The zero-order valence-corrected chi connectivity index (χ0v) is 12.3. The van der Waals surface area contributed by atoms with E-state index in [1.807, 2.05) is 0 Å². The van der Waals surface area contributed by atoms with Gasteiger partial charge in [0, 0.05) is 12.5 Å². The van der Waals surface area contributed by atoms with Gasteiger partial charge in [0.2, 0.25) is 5.91 Å². The first-order valence-corrected chi connectivity index (χ1v) is 6.78. The number of carbonyl (C=O) groups excluding carboxylic acids is 1. The quantitative estimate of drug-likeness (QED) is 0.582. The van der Waals surface area contributed by atoms with Gasteiger partial charge in [0.1, 0.15) is 5.69 Å². The Morgan fingerprint density at radius 3 is 2.67 bits per heavy atom. The summed E-state index contributed by atoms with van der Waals surface area (Å²) in [5.41, 5.74) is 0.851. The van der Waals surface area contributed by atoms with E-state index in [9.17, 15) is 20.0 Å². The Morgan fingerprint density at radius 2 is 2.10 bits per heavy atom. The molecule has 0 fully saturated rings. The fraction of sp³-hybridized carbons (Fsp3) is 0.500. The van der Waals surface area contributed by atoms with Crippen LogP contribution in [0.2, 0.25) is 0 Å². The van der Waals surface area contributed by atoms with Gasteiger partial charge in [-0.15, -0.1) is 0 Å². The van der Waals surface area contributed by atoms with Gasteiger partial charge < -0.3 is 15.7 Å². The molecule has 0 radical (unpaired) electrons. The summed E-state index contributed by atoms with van der Waals surface area (Å²) < 4.78 is 0. The van der Waals surface area contributed by atoms with Crippen LogP contribution in [0.3, 0.4) is 0 Å². The highest BCUT2D eigenvalue weighted by molar-refractivity contribution is 5.95. The van der Waals surface area contributed by atoms with E-state index in [0.29, 0.717) is 24.2 Å². The molecule has 0 saturated carbocycles. The molecule has 1 atom stereocenters. The minimum atomic E-state index is -0.711. The number of benzene rings is 1. The van der Waals surface area contributed by atoms with Crippen LogP contribution in [0.4, 0.5) is 17.1 Å². The Bertz CT molecular complexity index is 596. The summed E-state index contributed by atoms with van der Waals surface area (Å²) in [6.07, 6.45) is 0.223. The first-order valence-electron chi connectivity index (χ1n) is 6.78. The van der Waals surface area contributed by atoms with Gasteiger partial charge in [0.25, 0.3) is 5.69 Å². The average Bonchev–Trinajstić information content (AvgIpc) is 2.37. The maximum atomic E-state index is 11.4. The molecule has 0 saturated heterocycles. The molecule has 114 valence electrons. The topological polar surface area (TPSA) is 104 Å². The maximum absolute atomic E-state index is 11.4. The van der Waals surface area contributed by atoms with Gasteiger partial charge in [-0.05, 0) is 38.8 Å². The van der Waals surface area contributed by atoms with Crippen LogP contribution in [0.5, 0.6) is 0 Å². The van der Waals surface area contributed by atoms with Gasteiger partial charge in [-0.2, -0.15) is 0 Å². The smallest absolute Gasteiger partial charge is 0.294 e. The van der Waals surface area contributed by atoms with Crippen molar-refractivity contribution in [1.82, 2.24) is 0 Å². The highest BCUT2D eigenvalue weighted by Crippen LogP contribution is 2.35. The minimum absolute atomic E-state index is 0.121. The van der Waals surface area contributed by atoms with Crippen molar-refractivity contribution in [1.29, 1.82) is 0 Å². The molecular weight excluding hydrogens is 274 g/mol. The molecule has 1 aromatic carbocycles. The Balaban J connectivity index is 2.45. The molecule has 1 heterocycles. The van der Waals surface area contributed by atoms with Crippen molar-refractivity contribution in [2.24, 2.45) is 0 Å². The highest BCUT2D eigenvalue weighted by Gasteiger charge is 2.29. The van der Waals surface area contributed by atoms with Crippen molar-refractivity contribution < 1.29 is 14.8 Å². The second-order valence-corrected chi connectivity index (χ2v) is 5.85. The molecule has 0 spiro atoms. The summed E-state index contributed by atoms with van der Waals surface area (Å²) in [5, 5.41) is 26.7. The molecule has 3 N–H and O–H groups in total. The normalized spacial score (nSPS) is 15.9. The Kier molecular flexibility index (Phi) is 3.87. The zero-order chi connectivity index (χ0) is 15.8. The van der Waals surface area contributed by atoms with Gasteiger partial charge in [-0.1, -0.05) is 0 Å². The van der Waals surface area contributed by atoms with Crippen molar-refractivity contribution in [2.45, 2.75) is 45.3 Å². The predicted molar refractivity (Wildman–Crippen MR) is 79.4 cm³/mol. The van der Waals surface area contributed by atoms with E-state index in [2.05, 4.69) is 10.6 Å². The van der Waals surface area contributed by atoms with Gasteiger partial charge >= 0.3 is 0 Å². The molecule has 0 aromatic heterocycles. The summed E-state index contributed by atoms with van der Waals surface area (Å²) in [6.45, 7) is 5.16. The molecular formula is C14H19N3O4. The van der Waals surface area contributed by atoms with Gasteiger partial charge in [0.05, 0.1) is 22.3 Å². The number of amides is 1. The van der Waals surface area contributed by atoms with Crippen LogP contribution in [-0.2, 0) is 11.2 Å². The second kappa shape index (κ2) is 5.33. The molecule has 7 heteroatoms. The molecule has 1 aliphatic heterocycles. The zero-order valence-electron chi connectivity index (χ0n) is 12.3. The number of hydrogen-bond acceptors (Lipinski definition) is 5. The lowest BCUT2D eigenvalue weighted by atomic mass is 9.96. The largest absolute Gasteiger partial charge is 0.391 e. The molecule has 1 amide bonds. The van der Waals surface area contributed by atoms with E-state index in [1.165, 1.54) is 6.07 Å². The van der Waals surface area contributed by atoms with Gasteiger partial charge in [-0.25, -0.2) is 0 Å².